The highest BCUT2D eigenvalue weighted by molar-refractivity contribution is 14.0. The van der Waals surface area contributed by atoms with E-state index >= 15 is 0 Å². The van der Waals surface area contributed by atoms with E-state index < -0.39 is 0 Å². The van der Waals surface area contributed by atoms with E-state index in [1.807, 2.05) is 0 Å². The van der Waals surface area contributed by atoms with Crippen molar-refractivity contribution in [3.63, 3.8) is 0 Å². The average molecular weight is 499 g/mol. The number of rotatable bonds is 6. The van der Waals surface area contributed by atoms with Gasteiger partial charge in [-0.2, -0.15) is 0 Å². The third-order valence-electron chi connectivity index (χ3n) is 4.95. The maximum atomic E-state index is 12.1. The molecule has 2 aliphatic heterocycles. The van der Waals surface area contributed by atoms with Gasteiger partial charge in [-0.25, -0.2) is 0 Å². The van der Waals surface area contributed by atoms with Crippen molar-refractivity contribution in [3.8, 4) is 5.75 Å². The molecule has 1 amide bonds. The monoisotopic (exact) mass is 499 g/mol. The molecule has 0 spiro atoms. The molecule has 0 aromatic heterocycles. The summed E-state index contributed by atoms with van der Waals surface area (Å²) in [5, 5.41) is 15.5. The molecule has 1 saturated heterocycles. The number of phenolic OH excluding ortho intramolecular Hbond substituents is 1. The predicted octanol–water partition coefficient (Wildman–Crippen LogP) is 1.65. The number of likely N-dealkylation sites (tertiary alicyclic amines) is 1. The SMILES string of the molecule is CCNC(=NCCNC(=O)c1ccc(O)cc1)N1CCC(N2CC=CC2)C1.I. The third kappa shape index (κ3) is 6.10. The van der Waals surface area contributed by atoms with Crippen molar-refractivity contribution in [1.82, 2.24) is 20.4 Å². The maximum Gasteiger partial charge on any atom is 0.251 e. The summed E-state index contributed by atoms with van der Waals surface area (Å²) < 4.78 is 0. The fourth-order valence-electron chi connectivity index (χ4n) is 3.50. The second-order valence-electron chi connectivity index (χ2n) is 6.85. The number of guanidine groups is 1. The van der Waals surface area contributed by atoms with Gasteiger partial charge in [0, 0.05) is 50.9 Å². The average Bonchev–Trinajstić information content (AvgIpc) is 3.36. The molecule has 8 heteroatoms. The Hall–Kier alpha value is -1.81. The van der Waals surface area contributed by atoms with Crippen LogP contribution in [0.4, 0.5) is 0 Å². The summed E-state index contributed by atoms with van der Waals surface area (Å²) in [7, 11) is 0. The Bertz CT molecular complexity index is 684. The number of halogens is 1. The van der Waals surface area contributed by atoms with Gasteiger partial charge in [0.2, 0.25) is 0 Å². The van der Waals surface area contributed by atoms with Gasteiger partial charge in [-0.1, -0.05) is 12.2 Å². The minimum atomic E-state index is -0.155. The minimum Gasteiger partial charge on any atom is -0.508 e. The molecule has 1 unspecified atom stereocenters. The summed E-state index contributed by atoms with van der Waals surface area (Å²) >= 11 is 0. The Morgan fingerprint density at radius 2 is 1.93 bits per heavy atom. The van der Waals surface area contributed by atoms with Crippen molar-refractivity contribution in [2.24, 2.45) is 4.99 Å². The summed E-state index contributed by atoms with van der Waals surface area (Å²) in [6.45, 7) is 8.00. The molecule has 2 heterocycles. The molecule has 0 radical (unpaired) electrons. The zero-order valence-corrected chi connectivity index (χ0v) is 18.6. The molecule has 7 nitrogen and oxygen atoms in total. The molecule has 0 aliphatic carbocycles. The molecule has 1 atom stereocenters. The van der Waals surface area contributed by atoms with Crippen LogP contribution in [0.15, 0.2) is 41.4 Å². The molecule has 154 valence electrons. The lowest BCUT2D eigenvalue weighted by molar-refractivity contribution is 0.0955. The van der Waals surface area contributed by atoms with E-state index in [0.29, 0.717) is 24.7 Å². The first-order chi connectivity index (χ1) is 13.2. The molecule has 3 N–H and O–H groups in total. The Morgan fingerprint density at radius 3 is 2.61 bits per heavy atom. The molecule has 0 bridgehead atoms. The molecular formula is C20H30IN5O2. The first-order valence-corrected chi connectivity index (χ1v) is 9.67. The Labute approximate surface area is 183 Å². The van der Waals surface area contributed by atoms with Crippen molar-refractivity contribution >= 4 is 35.8 Å². The predicted molar refractivity (Wildman–Crippen MR) is 123 cm³/mol. The number of aliphatic imine (C=N–C) groups is 1. The zero-order valence-electron chi connectivity index (χ0n) is 16.3. The van der Waals surface area contributed by atoms with Gasteiger partial charge in [0.25, 0.3) is 5.91 Å². The van der Waals surface area contributed by atoms with Gasteiger partial charge in [-0.3, -0.25) is 14.7 Å². The lowest BCUT2D eigenvalue weighted by Gasteiger charge is -2.25. The number of aromatic hydroxyl groups is 1. The van der Waals surface area contributed by atoms with Gasteiger partial charge in [0.1, 0.15) is 5.75 Å². The van der Waals surface area contributed by atoms with Gasteiger partial charge < -0.3 is 20.6 Å². The van der Waals surface area contributed by atoms with E-state index in [0.717, 1.165) is 45.1 Å². The van der Waals surface area contributed by atoms with E-state index in [1.165, 1.54) is 12.1 Å². The van der Waals surface area contributed by atoms with Crippen LogP contribution in [-0.2, 0) is 0 Å². The minimum absolute atomic E-state index is 0. The number of amides is 1. The van der Waals surface area contributed by atoms with Gasteiger partial charge in [0.15, 0.2) is 5.96 Å². The normalized spacial score (nSPS) is 19.5. The second-order valence-corrected chi connectivity index (χ2v) is 6.85. The Balaban J connectivity index is 0.00000280. The fourth-order valence-corrected chi connectivity index (χ4v) is 3.50. The fraction of sp³-hybridized carbons (Fsp3) is 0.500. The molecule has 1 fully saturated rings. The number of nitrogens with one attached hydrogen (secondary N) is 2. The van der Waals surface area contributed by atoms with E-state index in [-0.39, 0.29) is 35.6 Å². The van der Waals surface area contributed by atoms with Crippen molar-refractivity contribution in [2.45, 2.75) is 19.4 Å². The number of hydrogen-bond acceptors (Lipinski definition) is 4. The topological polar surface area (TPSA) is 80.2 Å². The van der Waals surface area contributed by atoms with Gasteiger partial charge >= 0.3 is 0 Å². The molecule has 0 saturated carbocycles. The molecular weight excluding hydrogens is 469 g/mol. The molecule has 1 aromatic carbocycles. The summed E-state index contributed by atoms with van der Waals surface area (Å²) in [6, 6.07) is 6.81. The van der Waals surface area contributed by atoms with Gasteiger partial charge in [0.05, 0.1) is 6.54 Å². The quantitative estimate of drug-likeness (QED) is 0.183. The lowest BCUT2D eigenvalue weighted by Crippen LogP contribution is -2.43. The van der Waals surface area contributed by atoms with Crippen LogP contribution in [0.5, 0.6) is 5.75 Å². The van der Waals surface area contributed by atoms with Crippen LogP contribution in [0.1, 0.15) is 23.7 Å². The third-order valence-corrected chi connectivity index (χ3v) is 4.95. The largest absolute Gasteiger partial charge is 0.508 e. The highest BCUT2D eigenvalue weighted by Crippen LogP contribution is 2.17. The number of hydrogen-bond donors (Lipinski definition) is 3. The highest BCUT2D eigenvalue weighted by atomic mass is 127. The van der Waals surface area contributed by atoms with Crippen molar-refractivity contribution < 1.29 is 9.90 Å². The van der Waals surface area contributed by atoms with Crippen LogP contribution >= 0.6 is 24.0 Å². The van der Waals surface area contributed by atoms with Crippen molar-refractivity contribution in [2.75, 3.05) is 45.8 Å². The van der Waals surface area contributed by atoms with Crippen molar-refractivity contribution in [1.29, 1.82) is 0 Å². The van der Waals surface area contributed by atoms with Gasteiger partial charge in [-0.15, -0.1) is 24.0 Å². The van der Waals surface area contributed by atoms with E-state index in [2.05, 4.69) is 44.5 Å². The Morgan fingerprint density at radius 1 is 1.21 bits per heavy atom. The molecule has 3 rings (SSSR count). The molecule has 1 aromatic rings. The number of benzene rings is 1. The van der Waals surface area contributed by atoms with Crippen LogP contribution in [0.2, 0.25) is 0 Å². The maximum absolute atomic E-state index is 12.1. The number of carbonyl (C=O) groups excluding carboxylic acids is 1. The summed E-state index contributed by atoms with van der Waals surface area (Å²) in [4.78, 5) is 21.6. The van der Waals surface area contributed by atoms with E-state index in [9.17, 15) is 9.90 Å². The summed E-state index contributed by atoms with van der Waals surface area (Å²) in [6.07, 6.45) is 5.63. The van der Waals surface area contributed by atoms with Crippen molar-refractivity contribution in [3.05, 3.63) is 42.0 Å². The van der Waals surface area contributed by atoms with Gasteiger partial charge in [-0.05, 0) is 37.6 Å². The van der Waals surface area contributed by atoms with Crippen LogP contribution in [-0.4, -0.2) is 78.6 Å². The summed E-state index contributed by atoms with van der Waals surface area (Å²) in [5.41, 5.74) is 0.533. The molecule has 2 aliphatic rings. The number of phenols is 1. The highest BCUT2D eigenvalue weighted by Gasteiger charge is 2.29. The van der Waals surface area contributed by atoms with E-state index in [1.54, 1.807) is 12.1 Å². The van der Waals surface area contributed by atoms with E-state index in [4.69, 9.17) is 0 Å². The zero-order chi connectivity index (χ0) is 19.1. The molecule has 28 heavy (non-hydrogen) atoms. The first kappa shape index (κ1) is 22.5. The second kappa shape index (κ2) is 11.3. The van der Waals surface area contributed by atoms with Crippen LogP contribution in [0.3, 0.4) is 0 Å². The van der Waals surface area contributed by atoms with Crippen LogP contribution < -0.4 is 10.6 Å². The standard InChI is InChI=1S/C20H29N5O2.HI/c1-2-21-20(25-14-9-17(15-25)24-12-3-4-13-24)23-11-10-22-19(27)16-5-7-18(26)8-6-16;/h3-8,17,26H,2,9-15H2,1H3,(H,21,23)(H,22,27);1H. The first-order valence-electron chi connectivity index (χ1n) is 9.67. The van der Waals surface area contributed by atoms with Crippen LogP contribution in [0, 0.1) is 0 Å². The Kier molecular flexibility index (Phi) is 9.04. The smallest absolute Gasteiger partial charge is 0.251 e. The van der Waals surface area contributed by atoms with Crippen LogP contribution in [0.25, 0.3) is 0 Å². The lowest BCUT2D eigenvalue weighted by atomic mass is 10.2. The summed E-state index contributed by atoms with van der Waals surface area (Å²) in [5.74, 6) is 0.920. The number of nitrogens with zero attached hydrogens (tertiary/aromatic N) is 3. The number of carbonyl (C=O) groups is 1.